The van der Waals surface area contributed by atoms with Crippen LogP contribution < -0.4 is 0 Å². The van der Waals surface area contributed by atoms with Crippen molar-refractivity contribution < 1.29 is 4.74 Å². The topological polar surface area (TPSA) is 39.9 Å². The third kappa shape index (κ3) is 2.33. The summed E-state index contributed by atoms with van der Waals surface area (Å²) >= 11 is 11.9. The molecule has 2 unspecified atom stereocenters. The van der Waals surface area contributed by atoms with Crippen LogP contribution in [0.3, 0.4) is 0 Å². The van der Waals surface area contributed by atoms with Crippen LogP contribution in [0, 0.1) is 0 Å². The first-order chi connectivity index (χ1) is 9.20. The Balaban J connectivity index is 2.16. The molecular weight excluding hydrogens is 285 g/mol. The fourth-order valence-electron chi connectivity index (χ4n) is 2.67. The van der Waals surface area contributed by atoms with Gasteiger partial charge in [-0.3, -0.25) is 0 Å². The van der Waals surface area contributed by atoms with E-state index in [0.29, 0.717) is 10.9 Å². The zero-order valence-electron chi connectivity index (χ0n) is 10.6. The van der Waals surface area contributed by atoms with E-state index in [2.05, 4.69) is 21.5 Å². The fourth-order valence-corrected chi connectivity index (χ4v) is 2.99. The highest BCUT2D eigenvalue weighted by atomic mass is 35.5. The van der Waals surface area contributed by atoms with Crippen LogP contribution in [0.25, 0.3) is 11.2 Å². The number of aryl methyl sites for hydroxylation is 1. The van der Waals surface area contributed by atoms with E-state index in [1.165, 1.54) is 0 Å². The number of pyridine rings is 1. The minimum absolute atomic E-state index is 0.170. The zero-order valence-corrected chi connectivity index (χ0v) is 12.2. The number of ether oxygens (including phenoxy) is 1. The normalized spacial score (nSPS) is 23.3. The van der Waals surface area contributed by atoms with Gasteiger partial charge in [-0.15, -0.1) is 11.6 Å². The molecule has 19 heavy (non-hydrogen) atoms. The van der Waals surface area contributed by atoms with Crippen molar-refractivity contribution in [3.63, 3.8) is 0 Å². The van der Waals surface area contributed by atoms with E-state index in [9.17, 15) is 0 Å². The lowest BCUT2D eigenvalue weighted by Crippen LogP contribution is -2.19. The second-order valence-corrected chi connectivity index (χ2v) is 5.58. The van der Waals surface area contributed by atoms with Gasteiger partial charge in [-0.05, 0) is 19.4 Å². The first-order valence-electron chi connectivity index (χ1n) is 6.40. The molecule has 0 aliphatic carbocycles. The molecule has 1 aliphatic heterocycles. The summed E-state index contributed by atoms with van der Waals surface area (Å²) in [7, 11) is 0. The molecule has 1 aliphatic rings. The summed E-state index contributed by atoms with van der Waals surface area (Å²) in [5.74, 6) is 1.50. The zero-order chi connectivity index (χ0) is 13.4. The summed E-state index contributed by atoms with van der Waals surface area (Å²) in [6.07, 6.45) is 3.53. The van der Waals surface area contributed by atoms with Gasteiger partial charge in [-0.1, -0.05) is 11.6 Å². The second kappa shape index (κ2) is 5.27. The monoisotopic (exact) mass is 299 g/mol. The lowest BCUT2D eigenvalue weighted by atomic mass is 10.1. The summed E-state index contributed by atoms with van der Waals surface area (Å²) in [4.78, 5) is 9.05. The largest absolute Gasteiger partial charge is 0.376 e. The Morgan fingerprint density at radius 3 is 3.05 bits per heavy atom. The molecule has 0 N–H and O–H groups in total. The Kier molecular flexibility index (Phi) is 3.65. The standard InChI is InChI=1S/C13H15Cl2N3O/c1-8-11(3-5-19-8)18-12(2-4-14)17-10-6-9(15)7-16-13(10)18/h6-8,11H,2-5H2,1H3. The van der Waals surface area contributed by atoms with Crippen LogP contribution in [-0.4, -0.2) is 33.1 Å². The summed E-state index contributed by atoms with van der Waals surface area (Å²) < 4.78 is 7.83. The van der Waals surface area contributed by atoms with Crippen molar-refractivity contribution >= 4 is 34.4 Å². The SMILES string of the molecule is CC1OCCC1n1c(CCCl)nc2cc(Cl)cnc21. The van der Waals surface area contributed by atoms with Gasteiger partial charge in [0.1, 0.15) is 11.3 Å². The van der Waals surface area contributed by atoms with Crippen LogP contribution in [0.15, 0.2) is 12.3 Å². The highest BCUT2D eigenvalue weighted by Crippen LogP contribution is 2.31. The van der Waals surface area contributed by atoms with Crippen LogP contribution >= 0.6 is 23.2 Å². The number of hydrogen-bond donors (Lipinski definition) is 0. The molecule has 0 spiro atoms. The van der Waals surface area contributed by atoms with Crippen molar-refractivity contribution in [3.8, 4) is 0 Å². The number of hydrogen-bond acceptors (Lipinski definition) is 3. The van der Waals surface area contributed by atoms with Crippen molar-refractivity contribution in [1.29, 1.82) is 0 Å². The first kappa shape index (κ1) is 13.2. The van der Waals surface area contributed by atoms with Crippen LogP contribution in [0.4, 0.5) is 0 Å². The lowest BCUT2D eigenvalue weighted by Gasteiger charge is -2.18. The molecule has 0 bridgehead atoms. The molecule has 2 aromatic rings. The van der Waals surface area contributed by atoms with E-state index in [0.717, 1.165) is 36.4 Å². The number of nitrogens with zero attached hydrogens (tertiary/aromatic N) is 3. The van der Waals surface area contributed by atoms with Crippen LogP contribution in [-0.2, 0) is 11.2 Å². The minimum Gasteiger partial charge on any atom is -0.376 e. The second-order valence-electron chi connectivity index (χ2n) is 4.77. The predicted octanol–water partition coefficient (Wildman–Crippen LogP) is 3.22. The quantitative estimate of drug-likeness (QED) is 0.817. The van der Waals surface area contributed by atoms with E-state index in [4.69, 9.17) is 27.9 Å². The van der Waals surface area contributed by atoms with Gasteiger partial charge in [0.05, 0.1) is 17.2 Å². The van der Waals surface area contributed by atoms with E-state index < -0.39 is 0 Å². The molecular formula is C13H15Cl2N3O. The number of fused-ring (bicyclic) bond motifs is 1. The number of aromatic nitrogens is 3. The molecule has 0 amide bonds. The maximum atomic E-state index is 5.98. The summed E-state index contributed by atoms with van der Waals surface area (Å²) in [5.41, 5.74) is 1.69. The molecule has 2 aromatic heterocycles. The Morgan fingerprint density at radius 1 is 1.53 bits per heavy atom. The number of rotatable bonds is 3. The van der Waals surface area contributed by atoms with Gasteiger partial charge in [0.15, 0.2) is 5.65 Å². The molecule has 6 heteroatoms. The Morgan fingerprint density at radius 2 is 2.37 bits per heavy atom. The fraction of sp³-hybridized carbons (Fsp3) is 0.538. The van der Waals surface area contributed by atoms with Gasteiger partial charge in [0.2, 0.25) is 0 Å². The smallest absolute Gasteiger partial charge is 0.160 e. The third-order valence-corrected chi connectivity index (χ3v) is 3.95. The van der Waals surface area contributed by atoms with Gasteiger partial charge in [-0.25, -0.2) is 9.97 Å². The number of alkyl halides is 1. The summed E-state index contributed by atoms with van der Waals surface area (Å²) in [6, 6.07) is 2.12. The molecule has 0 saturated carbocycles. The Labute approximate surface area is 121 Å². The van der Waals surface area contributed by atoms with Gasteiger partial charge >= 0.3 is 0 Å². The van der Waals surface area contributed by atoms with E-state index in [-0.39, 0.29) is 12.1 Å². The van der Waals surface area contributed by atoms with Crippen LogP contribution in [0.2, 0.25) is 5.02 Å². The maximum absolute atomic E-state index is 5.98. The molecule has 1 saturated heterocycles. The summed E-state index contributed by atoms with van der Waals surface area (Å²) in [5, 5.41) is 0.602. The van der Waals surface area contributed by atoms with Crippen LogP contribution in [0.5, 0.6) is 0 Å². The Hall–Kier alpha value is -0.840. The third-order valence-electron chi connectivity index (χ3n) is 3.56. The van der Waals surface area contributed by atoms with Crippen molar-refractivity contribution in [2.45, 2.75) is 31.9 Å². The van der Waals surface area contributed by atoms with Crippen molar-refractivity contribution in [2.75, 3.05) is 12.5 Å². The lowest BCUT2D eigenvalue weighted by molar-refractivity contribution is 0.108. The average molecular weight is 300 g/mol. The highest BCUT2D eigenvalue weighted by molar-refractivity contribution is 6.31. The molecule has 1 fully saturated rings. The van der Waals surface area contributed by atoms with E-state index in [1.807, 2.05) is 6.07 Å². The van der Waals surface area contributed by atoms with Crippen molar-refractivity contribution in [1.82, 2.24) is 14.5 Å². The Bertz CT molecular complexity index is 599. The van der Waals surface area contributed by atoms with Crippen LogP contribution in [0.1, 0.15) is 25.2 Å². The number of halogens is 2. The molecule has 4 nitrogen and oxygen atoms in total. The molecule has 3 rings (SSSR count). The van der Waals surface area contributed by atoms with E-state index >= 15 is 0 Å². The molecule has 102 valence electrons. The number of imidazole rings is 1. The molecule has 0 radical (unpaired) electrons. The van der Waals surface area contributed by atoms with Gasteiger partial charge in [0, 0.05) is 25.1 Å². The maximum Gasteiger partial charge on any atom is 0.160 e. The first-order valence-corrected chi connectivity index (χ1v) is 7.32. The molecule has 3 heterocycles. The molecule has 0 aromatic carbocycles. The molecule has 2 atom stereocenters. The average Bonchev–Trinajstić information content (AvgIpc) is 2.92. The van der Waals surface area contributed by atoms with Gasteiger partial charge in [-0.2, -0.15) is 0 Å². The van der Waals surface area contributed by atoms with Gasteiger partial charge in [0.25, 0.3) is 0 Å². The highest BCUT2D eigenvalue weighted by Gasteiger charge is 2.29. The van der Waals surface area contributed by atoms with E-state index in [1.54, 1.807) is 6.20 Å². The van der Waals surface area contributed by atoms with Gasteiger partial charge < -0.3 is 9.30 Å². The predicted molar refractivity (Wildman–Crippen MR) is 76.0 cm³/mol. The van der Waals surface area contributed by atoms with Crippen molar-refractivity contribution in [2.24, 2.45) is 0 Å². The summed E-state index contributed by atoms with van der Waals surface area (Å²) in [6.45, 7) is 2.86. The van der Waals surface area contributed by atoms with Crippen molar-refractivity contribution in [3.05, 3.63) is 23.1 Å². The minimum atomic E-state index is 0.170.